The van der Waals surface area contributed by atoms with Crippen LogP contribution in [0.1, 0.15) is 30.7 Å². The molecule has 24 heavy (non-hydrogen) atoms. The average Bonchev–Trinajstić information content (AvgIpc) is 3.24. The number of aromatic nitrogens is 1. The van der Waals surface area contributed by atoms with Gasteiger partial charge in [-0.05, 0) is 37.6 Å². The van der Waals surface area contributed by atoms with E-state index in [-0.39, 0.29) is 18.3 Å². The molecule has 0 spiro atoms. The maximum absolute atomic E-state index is 12.7. The van der Waals surface area contributed by atoms with Crippen LogP contribution in [-0.4, -0.2) is 41.5 Å². The van der Waals surface area contributed by atoms with Gasteiger partial charge in [-0.25, -0.2) is 9.78 Å². The first-order valence-corrected chi connectivity index (χ1v) is 8.85. The molecule has 1 aliphatic rings. The highest BCUT2D eigenvalue weighted by molar-refractivity contribution is 7.13. The van der Waals surface area contributed by atoms with E-state index in [4.69, 9.17) is 9.15 Å². The van der Waals surface area contributed by atoms with E-state index in [1.165, 1.54) is 18.4 Å². The molecule has 0 N–H and O–H groups in total. The van der Waals surface area contributed by atoms with E-state index in [1.54, 1.807) is 11.8 Å². The summed E-state index contributed by atoms with van der Waals surface area (Å²) < 4.78 is 10.5. The van der Waals surface area contributed by atoms with Gasteiger partial charge in [0.15, 0.2) is 0 Å². The quantitative estimate of drug-likeness (QED) is 0.795. The van der Waals surface area contributed by atoms with Crippen molar-refractivity contribution < 1.29 is 18.7 Å². The average molecular weight is 348 g/mol. The van der Waals surface area contributed by atoms with E-state index in [0.29, 0.717) is 30.3 Å². The number of aryl methyl sites for hydroxylation is 1. The number of carbonyl (C=O) groups is 2. The largest absolute Gasteiger partial charge is 0.467 e. The summed E-state index contributed by atoms with van der Waals surface area (Å²) in [5.74, 6) is 0.713. The molecular weight excluding hydrogens is 328 g/mol. The van der Waals surface area contributed by atoms with Gasteiger partial charge in [-0.3, -0.25) is 4.79 Å². The first-order chi connectivity index (χ1) is 11.6. The number of amides is 1. The molecule has 0 radical (unpaired) electrons. The van der Waals surface area contributed by atoms with Crippen molar-refractivity contribution in [3.63, 3.8) is 0 Å². The van der Waals surface area contributed by atoms with Crippen LogP contribution in [0.25, 0.3) is 10.8 Å². The first kappa shape index (κ1) is 16.7. The molecule has 0 aliphatic carbocycles. The lowest BCUT2D eigenvalue weighted by atomic mass is 10.0. The van der Waals surface area contributed by atoms with Crippen LogP contribution >= 0.6 is 11.3 Å². The number of likely N-dealkylation sites (tertiary alicyclic amines) is 1. The molecule has 0 bridgehead atoms. The summed E-state index contributed by atoms with van der Waals surface area (Å²) >= 11 is 1.54. The molecule has 1 unspecified atom stereocenters. The number of methoxy groups -OCH3 is 1. The van der Waals surface area contributed by atoms with Crippen LogP contribution in [0.15, 0.2) is 21.9 Å². The van der Waals surface area contributed by atoms with Gasteiger partial charge in [-0.15, -0.1) is 11.3 Å². The van der Waals surface area contributed by atoms with Crippen molar-refractivity contribution >= 4 is 23.2 Å². The van der Waals surface area contributed by atoms with Crippen LogP contribution in [0.3, 0.4) is 0 Å². The van der Waals surface area contributed by atoms with Crippen LogP contribution in [0.5, 0.6) is 0 Å². The lowest BCUT2D eigenvalue weighted by Gasteiger charge is -2.33. The molecule has 1 atom stereocenters. The number of nitrogens with zero attached hydrogens (tertiary/aromatic N) is 2. The van der Waals surface area contributed by atoms with Gasteiger partial charge in [0, 0.05) is 6.54 Å². The number of thiophene rings is 1. The zero-order valence-electron chi connectivity index (χ0n) is 13.8. The van der Waals surface area contributed by atoms with Crippen molar-refractivity contribution in [2.45, 2.75) is 38.6 Å². The molecule has 2 aromatic heterocycles. The number of hydrogen-bond acceptors (Lipinski definition) is 6. The molecule has 1 amide bonds. The fourth-order valence-electron chi connectivity index (χ4n) is 2.95. The Morgan fingerprint density at radius 2 is 2.29 bits per heavy atom. The van der Waals surface area contributed by atoms with Crippen LogP contribution in [0.2, 0.25) is 0 Å². The Morgan fingerprint density at radius 1 is 1.46 bits per heavy atom. The Kier molecular flexibility index (Phi) is 4.99. The van der Waals surface area contributed by atoms with Crippen LogP contribution < -0.4 is 0 Å². The molecule has 2 aromatic rings. The summed E-state index contributed by atoms with van der Waals surface area (Å²) in [4.78, 5) is 31.6. The lowest BCUT2D eigenvalue weighted by molar-refractivity contribution is -0.154. The summed E-state index contributed by atoms with van der Waals surface area (Å²) in [6.45, 7) is 2.38. The molecule has 1 fully saturated rings. The Hall–Kier alpha value is -2.15. The normalized spacial score (nSPS) is 17.8. The van der Waals surface area contributed by atoms with Gasteiger partial charge in [0.1, 0.15) is 11.8 Å². The number of rotatable bonds is 4. The van der Waals surface area contributed by atoms with Crippen LogP contribution in [0.4, 0.5) is 0 Å². The minimum absolute atomic E-state index is 0.112. The van der Waals surface area contributed by atoms with Gasteiger partial charge < -0.3 is 14.1 Å². The number of esters is 1. The zero-order chi connectivity index (χ0) is 17.1. The van der Waals surface area contributed by atoms with Crippen LogP contribution in [-0.2, 0) is 20.7 Å². The second-order valence-corrected chi connectivity index (χ2v) is 6.75. The summed E-state index contributed by atoms with van der Waals surface area (Å²) in [6, 6.07) is 3.37. The highest BCUT2D eigenvalue weighted by Crippen LogP contribution is 2.27. The fraction of sp³-hybridized carbons (Fsp3) is 0.471. The molecular formula is C17H20N2O4S. The summed E-state index contributed by atoms with van der Waals surface area (Å²) in [6.07, 6.45) is 2.61. The molecule has 0 saturated carbocycles. The van der Waals surface area contributed by atoms with Gasteiger partial charge >= 0.3 is 5.97 Å². The van der Waals surface area contributed by atoms with Gasteiger partial charge in [0.2, 0.25) is 11.8 Å². The number of piperidine rings is 1. The number of ether oxygens (including phenoxy) is 1. The summed E-state index contributed by atoms with van der Waals surface area (Å²) in [5.41, 5.74) is 0.623. The molecule has 1 saturated heterocycles. The van der Waals surface area contributed by atoms with Crippen molar-refractivity contribution in [2.75, 3.05) is 13.7 Å². The molecule has 3 heterocycles. The van der Waals surface area contributed by atoms with E-state index < -0.39 is 6.04 Å². The fourth-order valence-corrected chi connectivity index (χ4v) is 3.60. The van der Waals surface area contributed by atoms with Crippen molar-refractivity contribution in [1.82, 2.24) is 9.88 Å². The first-order valence-electron chi connectivity index (χ1n) is 7.97. The maximum atomic E-state index is 12.7. The Labute approximate surface area is 144 Å². The smallest absolute Gasteiger partial charge is 0.328 e. The third-order valence-electron chi connectivity index (χ3n) is 4.24. The minimum Gasteiger partial charge on any atom is -0.467 e. The molecule has 3 rings (SSSR count). The summed E-state index contributed by atoms with van der Waals surface area (Å²) in [5, 5.41) is 1.95. The van der Waals surface area contributed by atoms with E-state index in [9.17, 15) is 9.59 Å². The standard InChI is InChI=1S/C17H20N2O4S/c1-11-12(18-16(23-11)14-7-5-9-24-14)10-15(20)19-8-4-3-6-13(19)17(21)22-2/h5,7,9,13H,3-4,6,8,10H2,1-2H3. The maximum Gasteiger partial charge on any atom is 0.328 e. The van der Waals surface area contributed by atoms with E-state index >= 15 is 0 Å². The predicted octanol–water partition coefficient (Wildman–Crippen LogP) is 2.81. The topological polar surface area (TPSA) is 72.6 Å². The van der Waals surface area contributed by atoms with Gasteiger partial charge in [0.05, 0.1) is 24.1 Å². The van der Waals surface area contributed by atoms with E-state index in [1.807, 2.05) is 17.5 Å². The number of hydrogen-bond donors (Lipinski definition) is 0. The summed E-state index contributed by atoms with van der Waals surface area (Å²) in [7, 11) is 1.36. The van der Waals surface area contributed by atoms with Gasteiger partial charge in [0.25, 0.3) is 0 Å². The van der Waals surface area contributed by atoms with Crippen molar-refractivity contribution in [3.05, 3.63) is 29.0 Å². The zero-order valence-corrected chi connectivity index (χ0v) is 14.6. The molecule has 7 heteroatoms. The molecule has 1 aliphatic heterocycles. The lowest BCUT2D eigenvalue weighted by Crippen LogP contribution is -2.49. The number of oxazole rings is 1. The highest BCUT2D eigenvalue weighted by Gasteiger charge is 2.33. The second kappa shape index (κ2) is 7.17. The van der Waals surface area contributed by atoms with Gasteiger partial charge in [-0.2, -0.15) is 0 Å². The third-order valence-corrected chi connectivity index (χ3v) is 5.10. The second-order valence-electron chi connectivity index (χ2n) is 5.80. The molecule has 0 aromatic carbocycles. The third kappa shape index (κ3) is 3.36. The van der Waals surface area contributed by atoms with Crippen molar-refractivity contribution in [3.8, 4) is 10.8 Å². The predicted molar refractivity (Wildman–Crippen MR) is 89.6 cm³/mol. The Balaban J connectivity index is 1.75. The van der Waals surface area contributed by atoms with Gasteiger partial charge in [-0.1, -0.05) is 6.07 Å². The van der Waals surface area contributed by atoms with E-state index in [2.05, 4.69) is 4.98 Å². The van der Waals surface area contributed by atoms with Crippen molar-refractivity contribution in [2.24, 2.45) is 0 Å². The Bertz CT molecular complexity index is 723. The monoisotopic (exact) mass is 348 g/mol. The minimum atomic E-state index is -0.486. The number of carbonyl (C=O) groups excluding carboxylic acids is 2. The van der Waals surface area contributed by atoms with Crippen LogP contribution in [0, 0.1) is 6.92 Å². The highest BCUT2D eigenvalue weighted by atomic mass is 32.1. The van der Waals surface area contributed by atoms with Crippen molar-refractivity contribution in [1.29, 1.82) is 0 Å². The molecule has 128 valence electrons. The SMILES string of the molecule is COC(=O)C1CCCCN1C(=O)Cc1nc(-c2cccs2)oc1C. The molecule has 6 nitrogen and oxygen atoms in total. The van der Waals surface area contributed by atoms with E-state index in [0.717, 1.165) is 17.7 Å². The Morgan fingerprint density at radius 3 is 3.00 bits per heavy atom.